The molecule has 1 fully saturated rings. The lowest BCUT2D eigenvalue weighted by Gasteiger charge is -2.37. The molecule has 1 saturated heterocycles. The molecule has 0 aromatic carbocycles. The molecule has 0 spiro atoms. The Labute approximate surface area is 95.6 Å². The summed E-state index contributed by atoms with van der Waals surface area (Å²) < 4.78 is 19.4. The normalized spacial score (nSPS) is 29.2. The topological polar surface area (TPSA) is 29.3 Å². The number of piperidine rings is 1. The van der Waals surface area contributed by atoms with Crippen molar-refractivity contribution in [2.45, 2.75) is 45.3 Å². The van der Waals surface area contributed by atoms with Crippen LogP contribution in [0, 0.1) is 6.92 Å². The first-order valence-electron chi connectivity index (χ1n) is 5.83. The van der Waals surface area contributed by atoms with Gasteiger partial charge in [0, 0.05) is 6.54 Å². The molecular weight excluding hydrogens is 207 g/mol. The van der Waals surface area contributed by atoms with Gasteiger partial charge in [0.2, 0.25) is 5.89 Å². The van der Waals surface area contributed by atoms with Crippen molar-refractivity contribution < 1.29 is 8.81 Å². The number of likely N-dealkylation sites (tertiary alicyclic amines) is 1. The van der Waals surface area contributed by atoms with Crippen molar-refractivity contribution in [1.82, 2.24) is 9.88 Å². The van der Waals surface area contributed by atoms with Gasteiger partial charge in [-0.3, -0.25) is 4.90 Å². The second-order valence-corrected chi connectivity index (χ2v) is 4.97. The fraction of sp³-hybridized carbons (Fsp3) is 0.750. The van der Waals surface area contributed by atoms with Crippen LogP contribution in [-0.2, 0) is 0 Å². The van der Waals surface area contributed by atoms with E-state index in [2.05, 4.69) is 9.88 Å². The number of aromatic nitrogens is 1. The van der Waals surface area contributed by atoms with Crippen LogP contribution in [0.25, 0.3) is 0 Å². The van der Waals surface area contributed by atoms with E-state index in [4.69, 9.17) is 4.42 Å². The van der Waals surface area contributed by atoms with E-state index >= 15 is 0 Å². The van der Waals surface area contributed by atoms with Crippen molar-refractivity contribution in [3.05, 3.63) is 17.8 Å². The molecule has 2 heterocycles. The SMILES string of the molecule is Cc1cnc([C@@H](C)N2CCC[C@@](C)(F)C2)o1. The average Bonchev–Trinajstić information content (AvgIpc) is 2.62. The molecule has 1 aliphatic rings. The zero-order valence-electron chi connectivity index (χ0n) is 10.2. The summed E-state index contributed by atoms with van der Waals surface area (Å²) in [5, 5.41) is 0. The van der Waals surface area contributed by atoms with Gasteiger partial charge in [0.1, 0.15) is 11.4 Å². The van der Waals surface area contributed by atoms with Gasteiger partial charge in [-0.1, -0.05) is 0 Å². The van der Waals surface area contributed by atoms with Crippen LogP contribution in [0.15, 0.2) is 10.6 Å². The number of aryl methyl sites for hydroxylation is 1. The zero-order valence-corrected chi connectivity index (χ0v) is 10.2. The van der Waals surface area contributed by atoms with Gasteiger partial charge in [-0.05, 0) is 40.2 Å². The number of hydrogen-bond donors (Lipinski definition) is 0. The van der Waals surface area contributed by atoms with Crippen molar-refractivity contribution in [2.75, 3.05) is 13.1 Å². The van der Waals surface area contributed by atoms with Crippen LogP contribution in [-0.4, -0.2) is 28.6 Å². The molecule has 1 aliphatic heterocycles. The average molecular weight is 226 g/mol. The van der Waals surface area contributed by atoms with Gasteiger partial charge in [0.05, 0.1) is 12.2 Å². The minimum atomic E-state index is -1.08. The molecular formula is C12H19FN2O. The van der Waals surface area contributed by atoms with Crippen molar-refractivity contribution in [2.24, 2.45) is 0 Å². The van der Waals surface area contributed by atoms with Crippen molar-refractivity contribution >= 4 is 0 Å². The molecule has 0 N–H and O–H groups in total. The lowest BCUT2D eigenvalue weighted by molar-refractivity contribution is 0.0322. The second-order valence-electron chi connectivity index (χ2n) is 4.97. The summed E-state index contributed by atoms with van der Waals surface area (Å²) >= 11 is 0. The van der Waals surface area contributed by atoms with Crippen LogP contribution in [0.4, 0.5) is 4.39 Å². The van der Waals surface area contributed by atoms with Crippen LogP contribution < -0.4 is 0 Å². The molecule has 2 rings (SSSR count). The summed E-state index contributed by atoms with van der Waals surface area (Å²) in [6.07, 6.45) is 3.27. The molecule has 0 bridgehead atoms. The molecule has 0 saturated carbocycles. The van der Waals surface area contributed by atoms with E-state index in [1.807, 2.05) is 13.8 Å². The van der Waals surface area contributed by atoms with Gasteiger partial charge in [0.25, 0.3) is 0 Å². The maximum absolute atomic E-state index is 13.9. The maximum atomic E-state index is 13.9. The molecule has 0 radical (unpaired) electrons. The fourth-order valence-electron chi connectivity index (χ4n) is 2.28. The van der Waals surface area contributed by atoms with Gasteiger partial charge >= 0.3 is 0 Å². The largest absolute Gasteiger partial charge is 0.444 e. The van der Waals surface area contributed by atoms with Crippen molar-refractivity contribution in [3.63, 3.8) is 0 Å². The lowest BCUT2D eigenvalue weighted by atomic mass is 9.96. The number of nitrogens with zero attached hydrogens (tertiary/aromatic N) is 2. The Kier molecular flexibility index (Phi) is 3.02. The zero-order chi connectivity index (χ0) is 11.8. The van der Waals surface area contributed by atoms with Gasteiger partial charge < -0.3 is 4.42 Å². The van der Waals surface area contributed by atoms with E-state index in [1.54, 1.807) is 13.1 Å². The van der Waals surface area contributed by atoms with Gasteiger partial charge in [-0.2, -0.15) is 0 Å². The Morgan fingerprint density at radius 3 is 2.94 bits per heavy atom. The molecule has 2 atom stereocenters. The molecule has 3 nitrogen and oxygen atoms in total. The highest BCUT2D eigenvalue weighted by Gasteiger charge is 2.34. The third-order valence-corrected chi connectivity index (χ3v) is 3.22. The van der Waals surface area contributed by atoms with Crippen molar-refractivity contribution in [1.29, 1.82) is 0 Å². The van der Waals surface area contributed by atoms with Gasteiger partial charge in [-0.15, -0.1) is 0 Å². The number of oxazole rings is 1. The third kappa shape index (κ3) is 2.43. The Bertz CT molecular complexity index is 362. The summed E-state index contributed by atoms with van der Waals surface area (Å²) in [6.45, 7) is 6.95. The van der Waals surface area contributed by atoms with E-state index < -0.39 is 5.67 Å². The first kappa shape index (κ1) is 11.6. The molecule has 0 aliphatic carbocycles. The molecule has 0 amide bonds. The van der Waals surface area contributed by atoms with Crippen LogP contribution in [0.5, 0.6) is 0 Å². The highest BCUT2D eigenvalue weighted by molar-refractivity contribution is 4.97. The number of rotatable bonds is 2. The summed E-state index contributed by atoms with van der Waals surface area (Å²) in [5.74, 6) is 1.50. The Balaban J connectivity index is 2.07. The molecule has 16 heavy (non-hydrogen) atoms. The Morgan fingerprint density at radius 1 is 1.62 bits per heavy atom. The van der Waals surface area contributed by atoms with E-state index in [-0.39, 0.29) is 6.04 Å². The molecule has 4 heteroatoms. The maximum Gasteiger partial charge on any atom is 0.211 e. The van der Waals surface area contributed by atoms with Crippen LogP contribution in [0.3, 0.4) is 0 Å². The van der Waals surface area contributed by atoms with Crippen LogP contribution >= 0.6 is 0 Å². The second kappa shape index (κ2) is 4.17. The minimum Gasteiger partial charge on any atom is -0.444 e. The van der Waals surface area contributed by atoms with E-state index in [1.165, 1.54) is 0 Å². The van der Waals surface area contributed by atoms with E-state index in [0.29, 0.717) is 18.9 Å². The summed E-state index contributed by atoms with van der Waals surface area (Å²) in [6, 6.07) is 0.0593. The molecule has 90 valence electrons. The van der Waals surface area contributed by atoms with Crippen LogP contribution in [0.1, 0.15) is 44.4 Å². The summed E-state index contributed by atoms with van der Waals surface area (Å²) in [7, 11) is 0. The molecule has 1 aromatic rings. The highest BCUT2D eigenvalue weighted by Crippen LogP contribution is 2.30. The Hall–Kier alpha value is -0.900. The van der Waals surface area contributed by atoms with Crippen molar-refractivity contribution in [3.8, 4) is 0 Å². The number of halogens is 1. The van der Waals surface area contributed by atoms with E-state index in [9.17, 15) is 4.39 Å². The smallest absolute Gasteiger partial charge is 0.211 e. The number of alkyl halides is 1. The fourth-order valence-corrected chi connectivity index (χ4v) is 2.28. The monoisotopic (exact) mass is 226 g/mol. The molecule has 1 aromatic heterocycles. The van der Waals surface area contributed by atoms with Gasteiger partial charge in [0.15, 0.2) is 0 Å². The van der Waals surface area contributed by atoms with Crippen LogP contribution in [0.2, 0.25) is 0 Å². The quantitative estimate of drug-likeness (QED) is 0.776. The summed E-state index contributed by atoms with van der Waals surface area (Å²) in [5.41, 5.74) is -1.08. The Morgan fingerprint density at radius 2 is 2.38 bits per heavy atom. The third-order valence-electron chi connectivity index (χ3n) is 3.22. The first-order chi connectivity index (χ1) is 7.48. The highest BCUT2D eigenvalue weighted by atomic mass is 19.1. The van der Waals surface area contributed by atoms with Gasteiger partial charge in [-0.25, -0.2) is 9.37 Å². The number of hydrogen-bond acceptors (Lipinski definition) is 3. The summed E-state index contributed by atoms with van der Waals surface area (Å²) in [4.78, 5) is 6.31. The predicted octanol–water partition coefficient (Wildman–Crippen LogP) is 2.87. The first-order valence-corrected chi connectivity index (χ1v) is 5.83. The minimum absolute atomic E-state index is 0.0593. The lowest BCUT2D eigenvalue weighted by Crippen LogP contribution is -2.44. The van der Waals surface area contributed by atoms with E-state index in [0.717, 1.165) is 18.7 Å². The standard InChI is InChI=1S/C12H19FN2O/c1-9-7-14-11(16-9)10(2)15-6-4-5-12(3,13)8-15/h7,10H,4-6,8H2,1-3H3/t10-,12-/m1/s1. The predicted molar refractivity (Wildman–Crippen MR) is 60.0 cm³/mol. The molecule has 0 unspecified atom stereocenters.